The Morgan fingerprint density at radius 1 is 1.29 bits per heavy atom. The minimum atomic E-state index is -0.666. The number of carbonyl (C=O) groups excluding carboxylic acids is 2. The van der Waals surface area contributed by atoms with Gasteiger partial charge in [-0.05, 0) is 37.1 Å². The second kappa shape index (κ2) is 6.93. The maximum absolute atomic E-state index is 12.4. The third-order valence-electron chi connectivity index (χ3n) is 4.66. The Hall–Kier alpha value is -3.46. The first-order chi connectivity index (χ1) is 13.5. The smallest absolute Gasteiger partial charge is 0.270 e. The fraction of sp³-hybridized carbons (Fsp3) is 0.263. The van der Waals surface area contributed by atoms with Crippen LogP contribution in [0.2, 0.25) is 0 Å². The third kappa shape index (κ3) is 3.27. The summed E-state index contributed by atoms with van der Waals surface area (Å²) in [5.74, 6) is -0.960. The lowest BCUT2D eigenvalue weighted by Crippen LogP contribution is -2.28. The van der Waals surface area contributed by atoms with Crippen LogP contribution in [0.5, 0.6) is 0 Å². The second-order valence-electron chi connectivity index (χ2n) is 6.69. The van der Waals surface area contributed by atoms with Gasteiger partial charge in [0.25, 0.3) is 11.8 Å². The number of primary amides is 1. The molecule has 1 aliphatic carbocycles. The molecule has 2 aromatic heterocycles. The lowest BCUT2D eigenvalue weighted by molar-refractivity contribution is 0.0942. The Kier molecular flexibility index (Phi) is 4.44. The van der Waals surface area contributed by atoms with Gasteiger partial charge in [-0.25, -0.2) is 5.06 Å². The number of nitrogens with two attached hydrogens (primary N) is 1. The molecule has 9 nitrogen and oxygen atoms in total. The minimum absolute atomic E-state index is 0.148. The largest absolute Gasteiger partial charge is 0.365 e. The molecule has 28 heavy (non-hydrogen) atoms. The average Bonchev–Trinajstić information content (AvgIpc) is 3.43. The quantitative estimate of drug-likeness (QED) is 0.629. The molecule has 0 radical (unpaired) electrons. The molecule has 144 valence electrons. The van der Waals surface area contributed by atoms with Crippen LogP contribution < -0.4 is 16.1 Å². The summed E-state index contributed by atoms with van der Waals surface area (Å²) in [6, 6.07) is 7.31. The molecule has 0 spiro atoms. The average molecular weight is 380 g/mol. The van der Waals surface area contributed by atoms with E-state index in [0.717, 1.165) is 23.7 Å². The Morgan fingerprint density at radius 2 is 2.07 bits per heavy atom. The molecule has 1 aromatic carbocycles. The van der Waals surface area contributed by atoms with Crippen molar-refractivity contribution in [1.29, 1.82) is 0 Å². The number of hydrogen-bond acceptors (Lipinski definition) is 6. The molecule has 0 bridgehead atoms. The van der Waals surface area contributed by atoms with Crippen molar-refractivity contribution in [2.24, 2.45) is 12.8 Å². The van der Waals surface area contributed by atoms with Crippen LogP contribution in [-0.2, 0) is 11.9 Å². The van der Waals surface area contributed by atoms with Crippen LogP contribution in [-0.4, -0.2) is 39.7 Å². The predicted octanol–water partition coefficient (Wildman–Crippen LogP) is 1.66. The lowest BCUT2D eigenvalue weighted by Gasteiger charge is -2.24. The summed E-state index contributed by atoms with van der Waals surface area (Å²) in [5.41, 5.74) is 7.75. The number of rotatable bonds is 6. The number of fused-ring (bicyclic) bond motifs is 1. The molecule has 0 unspecified atom stereocenters. The number of nitrogens with zero attached hydrogens (tertiary/aromatic N) is 4. The molecule has 0 aliphatic heterocycles. The molecule has 4 rings (SSSR count). The molecule has 2 heterocycles. The SMILES string of the molecule is CON(c1ccc2cnn(C)c2c1)c1cc(C(=O)NC2CC2)ncc1C(N)=O. The fourth-order valence-electron chi connectivity index (χ4n) is 3.02. The molecule has 0 saturated heterocycles. The van der Waals surface area contributed by atoms with Crippen molar-refractivity contribution in [2.45, 2.75) is 18.9 Å². The van der Waals surface area contributed by atoms with Crippen molar-refractivity contribution in [1.82, 2.24) is 20.1 Å². The van der Waals surface area contributed by atoms with Gasteiger partial charge >= 0.3 is 0 Å². The highest BCUT2D eigenvalue weighted by atomic mass is 16.7. The zero-order chi connectivity index (χ0) is 19.8. The van der Waals surface area contributed by atoms with E-state index in [2.05, 4.69) is 15.4 Å². The van der Waals surface area contributed by atoms with Crippen LogP contribution in [0.15, 0.2) is 36.7 Å². The monoisotopic (exact) mass is 380 g/mol. The highest BCUT2D eigenvalue weighted by Gasteiger charge is 2.26. The van der Waals surface area contributed by atoms with E-state index in [-0.39, 0.29) is 23.2 Å². The van der Waals surface area contributed by atoms with E-state index in [0.29, 0.717) is 11.4 Å². The normalized spacial score (nSPS) is 13.5. The number of carbonyl (C=O) groups is 2. The Balaban J connectivity index is 1.78. The van der Waals surface area contributed by atoms with Crippen LogP contribution >= 0.6 is 0 Å². The lowest BCUT2D eigenvalue weighted by atomic mass is 10.1. The first-order valence-electron chi connectivity index (χ1n) is 8.84. The molecular formula is C19H20N6O3. The maximum atomic E-state index is 12.4. The summed E-state index contributed by atoms with van der Waals surface area (Å²) in [6.45, 7) is 0. The van der Waals surface area contributed by atoms with Gasteiger partial charge in [0.1, 0.15) is 5.69 Å². The van der Waals surface area contributed by atoms with Crippen molar-refractivity contribution < 1.29 is 14.4 Å². The summed E-state index contributed by atoms with van der Waals surface area (Å²) in [6.07, 6.45) is 4.99. The van der Waals surface area contributed by atoms with E-state index in [1.807, 2.05) is 25.2 Å². The second-order valence-corrected chi connectivity index (χ2v) is 6.69. The van der Waals surface area contributed by atoms with E-state index >= 15 is 0 Å². The number of nitrogens with one attached hydrogen (secondary N) is 1. The van der Waals surface area contributed by atoms with Crippen LogP contribution in [0.25, 0.3) is 10.9 Å². The molecule has 1 fully saturated rings. The first-order valence-corrected chi connectivity index (χ1v) is 8.84. The topological polar surface area (TPSA) is 115 Å². The number of aromatic nitrogens is 3. The van der Waals surface area contributed by atoms with Gasteiger partial charge in [-0.3, -0.25) is 24.1 Å². The highest BCUT2D eigenvalue weighted by Crippen LogP contribution is 2.31. The standard InChI is InChI=1S/C19H20N6O3/c1-24-16-7-13(6-3-11(16)9-22-24)25(28-2)17-8-15(19(27)23-12-4-5-12)21-10-14(17)18(20)26/h3,6-10,12H,4-5H2,1-2H3,(H2,20,26)(H,23,27). The van der Waals surface area contributed by atoms with Crippen LogP contribution in [0.4, 0.5) is 11.4 Å². The van der Waals surface area contributed by atoms with Crippen molar-refractivity contribution >= 4 is 34.1 Å². The fourth-order valence-corrected chi connectivity index (χ4v) is 3.02. The van der Waals surface area contributed by atoms with Crippen LogP contribution in [0.3, 0.4) is 0 Å². The molecule has 1 aliphatic rings. The Morgan fingerprint density at radius 3 is 2.75 bits per heavy atom. The predicted molar refractivity (Wildman–Crippen MR) is 103 cm³/mol. The molecule has 2 amide bonds. The van der Waals surface area contributed by atoms with Crippen LogP contribution in [0, 0.1) is 0 Å². The van der Waals surface area contributed by atoms with Gasteiger partial charge in [-0.15, -0.1) is 0 Å². The number of anilines is 2. The Bertz CT molecular complexity index is 1070. The third-order valence-corrected chi connectivity index (χ3v) is 4.66. The molecule has 3 aromatic rings. The van der Waals surface area contributed by atoms with Crippen molar-refractivity contribution in [3.05, 3.63) is 47.9 Å². The molecule has 3 N–H and O–H groups in total. The first kappa shape index (κ1) is 17.9. The summed E-state index contributed by atoms with van der Waals surface area (Å²) in [7, 11) is 3.31. The summed E-state index contributed by atoms with van der Waals surface area (Å²) in [4.78, 5) is 34.0. The minimum Gasteiger partial charge on any atom is -0.365 e. The Labute approximate surface area is 161 Å². The van der Waals surface area contributed by atoms with E-state index in [1.165, 1.54) is 24.4 Å². The summed E-state index contributed by atoms with van der Waals surface area (Å²) >= 11 is 0. The van der Waals surface area contributed by atoms with Gasteiger partial charge in [-0.2, -0.15) is 5.10 Å². The molecular weight excluding hydrogens is 360 g/mol. The number of hydrogen-bond donors (Lipinski definition) is 2. The van der Waals surface area contributed by atoms with E-state index in [9.17, 15) is 9.59 Å². The van der Waals surface area contributed by atoms with Crippen molar-refractivity contribution in [3.63, 3.8) is 0 Å². The van der Waals surface area contributed by atoms with Gasteiger partial charge in [0.05, 0.1) is 35.8 Å². The van der Waals surface area contributed by atoms with Crippen molar-refractivity contribution in [3.8, 4) is 0 Å². The zero-order valence-corrected chi connectivity index (χ0v) is 15.5. The summed E-state index contributed by atoms with van der Waals surface area (Å²) < 4.78 is 1.74. The van der Waals surface area contributed by atoms with E-state index < -0.39 is 5.91 Å². The van der Waals surface area contributed by atoms with Gasteiger partial charge in [-0.1, -0.05) is 0 Å². The van der Waals surface area contributed by atoms with Gasteiger partial charge in [0.2, 0.25) is 0 Å². The van der Waals surface area contributed by atoms with Crippen molar-refractivity contribution in [2.75, 3.05) is 12.2 Å². The van der Waals surface area contributed by atoms with Gasteiger partial charge < -0.3 is 11.1 Å². The van der Waals surface area contributed by atoms with Crippen LogP contribution in [0.1, 0.15) is 33.7 Å². The molecule has 0 atom stereocenters. The zero-order valence-electron chi connectivity index (χ0n) is 15.5. The number of pyridine rings is 1. The van der Waals surface area contributed by atoms with E-state index in [1.54, 1.807) is 10.9 Å². The van der Waals surface area contributed by atoms with Gasteiger partial charge in [0.15, 0.2) is 0 Å². The van der Waals surface area contributed by atoms with E-state index in [4.69, 9.17) is 10.6 Å². The summed E-state index contributed by atoms with van der Waals surface area (Å²) in [5, 5.41) is 9.53. The number of amides is 2. The highest BCUT2D eigenvalue weighted by molar-refractivity contribution is 6.01. The molecule has 9 heteroatoms. The molecule has 1 saturated carbocycles. The van der Waals surface area contributed by atoms with Gasteiger partial charge in [0, 0.05) is 24.7 Å². The number of aryl methyl sites for hydroxylation is 1. The number of benzene rings is 1. The maximum Gasteiger partial charge on any atom is 0.270 e.